The fraction of sp³-hybridized carbons (Fsp3) is 0.222. The van der Waals surface area contributed by atoms with Crippen LogP contribution in [0.5, 0.6) is 0 Å². The quantitative estimate of drug-likeness (QED) is 0.198. The number of halogens is 1. The Bertz CT molecular complexity index is 1320. The monoisotopic (exact) mass is 475 g/mol. The summed E-state index contributed by atoms with van der Waals surface area (Å²) >= 11 is 0. The molecule has 1 amide bonds. The van der Waals surface area contributed by atoms with Crippen LogP contribution in [0.3, 0.4) is 0 Å². The zero-order chi connectivity index (χ0) is 24.8. The number of nitro benzene ring substituents is 1. The summed E-state index contributed by atoms with van der Waals surface area (Å²) in [5, 5.41) is 15.1. The number of benzene rings is 3. The van der Waals surface area contributed by atoms with E-state index < -0.39 is 10.8 Å². The molecule has 1 aromatic heterocycles. The van der Waals surface area contributed by atoms with Gasteiger partial charge in [-0.3, -0.25) is 14.9 Å². The molecule has 0 radical (unpaired) electrons. The Labute approximate surface area is 202 Å². The summed E-state index contributed by atoms with van der Waals surface area (Å²) in [7, 11) is 1.56. The molecule has 0 fully saturated rings. The number of fused-ring (bicyclic) bond motifs is 1. The van der Waals surface area contributed by atoms with Crippen molar-refractivity contribution in [3.05, 3.63) is 112 Å². The first-order valence-corrected chi connectivity index (χ1v) is 11.3. The van der Waals surface area contributed by atoms with E-state index in [1.165, 1.54) is 18.2 Å². The Morgan fingerprint density at radius 3 is 2.54 bits per heavy atom. The minimum absolute atomic E-state index is 0.0291. The van der Waals surface area contributed by atoms with E-state index in [-0.39, 0.29) is 23.8 Å². The number of ether oxygens (including phenoxy) is 1. The van der Waals surface area contributed by atoms with Gasteiger partial charge in [0.1, 0.15) is 5.82 Å². The number of aromatic nitrogens is 1. The summed E-state index contributed by atoms with van der Waals surface area (Å²) in [4.78, 5) is 23.9. The van der Waals surface area contributed by atoms with Gasteiger partial charge in [0.05, 0.1) is 11.5 Å². The molecular formula is C27H26FN3O4. The van der Waals surface area contributed by atoms with Crippen molar-refractivity contribution in [2.75, 3.05) is 20.3 Å². The first kappa shape index (κ1) is 24.1. The van der Waals surface area contributed by atoms with Crippen LogP contribution < -0.4 is 5.32 Å². The maximum Gasteiger partial charge on any atom is 0.270 e. The van der Waals surface area contributed by atoms with E-state index in [0.717, 1.165) is 22.2 Å². The van der Waals surface area contributed by atoms with E-state index in [1.807, 2.05) is 41.1 Å². The number of carbonyl (C=O) groups is 1. The molecule has 0 saturated carbocycles. The van der Waals surface area contributed by atoms with Crippen LogP contribution in [0, 0.1) is 15.9 Å². The Morgan fingerprint density at radius 1 is 1.11 bits per heavy atom. The van der Waals surface area contributed by atoms with Crippen molar-refractivity contribution in [1.29, 1.82) is 0 Å². The highest BCUT2D eigenvalue weighted by atomic mass is 19.1. The molecule has 1 N–H and O–H groups in total. The predicted molar refractivity (Wildman–Crippen MR) is 132 cm³/mol. The van der Waals surface area contributed by atoms with Gasteiger partial charge in [0.2, 0.25) is 5.91 Å². The highest BCUT2D eigenvalue weighted by Crippen LogP contribution is 2.36. The predicted octanol–water partition coefficient (Wildman–Crippen LogP) is 5.02. The minimum Gasteiger partial charge on any atom is -0.383 e. The number of hydrogen-bond donors (Lipinski definition) is 1. The van der Waals surface area contributed by atoms with Crippen LogP contribution in [0.1, 0.15) is 29.0 Å². The lowest BCUT2D eigenvalue weighted by Crippen LogP contribution is -2.28. The molecule has 0 aliphatic carbocycles. The summed E-state index contributed by atoms with van der Waals surface area (Å²) in [6.45, 7) is 1.31. The van der Waals surface area contributed by atoms with E-state index in [4.69, 9.17) is 4.74 Å². The fourth-order valence-corrected chi connectivity index (χ4v) is 4.27. The lowest BCUT2D eigenvalue weighted by molar-refractivity contribution is -0.384. The van der Waals surface area contributed by atoms with Gasteiger partial charge in [0, 0.05) is 61.8 Å². The number of carbonyl (C=O) groups excluding carboxylic acids is 1. The molecule has 7 nitrogen and oxygen atoms in total. The van der Waals surface area contributed by atoms with Crippen molar-refractivity contribution in [2.24, 2.45) is 0 Å². The molecule has 0 spiro atoms. The highest BCUT2D eigenvalue weighted by Gasteiger charge is 2.24. The normalized spacial score (nSPS) is 11.9. The average Bonchev–Trinajstić information content (AvgIpc) is 3.21. The van der Waals surface area contributed by atoms with Gasteiger partial charge in [-0.2, -0.15) is 0 Å². The first-order valence-electron chi connectivity index (χ1n) is 11.3. The molecule has 3 aromatic carbocycles. The largest absolute Gasteiger partial charge is 0.383 e. The van der Waals surface area contributed by atoms with Crippen molar-refractivity contribution < 1.29 is 18.8 Å². The highest BCUT2D eigenvalue weighted by molar-refractivity contribution is 5.88. The Kier molecular flexibility index (Phi) is 7.52. The van der Waals surface area contributed by atoms with Crippen LogP contribution in [-0.4, -0.2) is 35.7 Å². The molecular weight excluding hydrogens is 449 g/mol. The van der Waals surface area contributed by atoms with Crippen molar-refractivity contribution in [2.45, 2.75) is 18.9 Å². The van der Waals surface area contributed by atoms with Crippen molar-refractivity contribution in [3.8, 4) is 0 Å². The molecule has 4 rings (SSSR count). The second kappa shape index (κ2) is 10.9. The fourth-order valence-electron chi connectivity index (χ4n) is 4.27. The summed E-state index contributed by atoms with van der Waals surface area (Å²) in [6, 6.07) is 20.7. The number of nitrogens with one attached hydrogen (secondary N) is 1. The van der Waals surface area contributed by atoms with E-state index in [2.05, 4.69) is 5.32 Å². The maximum atomic E-state index is 13.7. The molecule has 0 saturated heterocycles. The number of rotatable bonds is 10. The SMILES string of the molecule is COCCNC(=O)C[C@@H](c1ccc(F)cc1)c1cn(Cc2ccccc2)c2ccc([N+](=O)[O-])cc12. The van der Waals surface area contributed by atoms with Gasteiger partial charge in [-0.1, -0.05) is 42.5 Å². The molecule has 1 atom stereocenters. The number of non-ortho nitro benzene ring substituents is 1. The lowest BCUT2D eigenvalue weighted by Gasteiger charge is -2.17. The zero-order valence-electron chi connectivity index (χ0n) is 19.3. The average molecular weight is 476 g/mol. The summed E-state index contributed by atoms with van der Waals surface area (Å²) in [6.07, 6.45) is 2.04. The van der Waals surface area contributed by atoms with Crippen LogP contribution >= 0.6 is 0 Å². The molecule has 0 bridgehead atoms. The number of methoxy groups -OCH3 is 1. The summed E-state index contributed by atoms with van der Waals surface area (Å²) < 4.78 is 20.7. The number of amides is 1. The van der Waals surface area contributed by atoms with Gasteiger partial charge in [-0.05, 0) is 34.9 Å². The van der Waals surface area contributed by atoms with Gasteiger partial charge in [0.25, 0.3) is 5.69 Å². The summed E-state index contributed by atoms with van der Waals surface area (Å²) in [5.41, 5.74) is 3.39. The van der Waals surface area contributed by atoms with E-state index in [0.29, 0.717) is 25.1 Å². The van der Waals surface area contributed by atoms with Crippen molar-refractivity contribution >= 4 is 22.5 Å². The molecule has 180 valence electrons. The Morgan fingerprint density at radius 2 is 1.86 bits per heavy atom. The van der Waals surface area contributed by atoms with Crippen LogP contribution in [-0.2, 0) is 16.1 Å². The standard InChI is InChI=1S/C27H26FN3O4/c1-35-14-13-29-27(32)16-23(20-7-9-21(28)10-8-20)25-18-30(17-19-5-3-2-4-6-19)26-12-11-22(31(33)34)15-24(25)26/h2-12,15,18,23H,13-14,16-17H2,1H3,(H,29,32)/t23-/m0/s1. The molecule has 0 aliphatic heterocycles. The Hall–Kier alpha value is -4.04. The third-order valence-electron chi connectivity index (χ3n) is 5.97. The zero-order valence-corrected chi connectivity index (χ0v) is 19.3. The van der Waals surface area contributed by atoms with E-state index in [1.54, 1.807) is 31.4 Å². The molecule has 0 unspecified atom stereocenters. The van der Waals surface area contributed by atoms with E-state index in [9.17, 15) is 19.3 Å². The first-order chi connectivity index (χ1) is 17.0. The van der Waals surface area contributed by atoms with E-state index >= 15 is 0 Å². The van der Waals surface area contributed by atoms with Gasteiger partial charge >= 0.3 is 0 Å². The van der Waals surface area contributed by atoms with Crippen LogP contribution in [0.2, 0.25) is 0 Å². The number of nitro groups is 1. The van der Waals surface area contributed by atoms with Crippen LogP contribution in [0.15, 0.2) is 79.0 Å². The third kappa shape index (κ3) is 5.73. The lowest BCUT2D eigenvalue weighted by atomic mass is 9.88. The topological polar surface area (TPSA) is 86.4 Å². The van der Waals surface area contributed by atoms with Gasteiger partial charge < -0.3 is 14.6 Å². The number of hydrogen-bond acceptors (Lipinski definition) is 4. The van der Waals surface area contributed by atoms with Gasteiger partial charge in [0.15, 0.2) is 0 Å². The molecule has 0 aliphatic rings. The molecule has 4 aromatic rings. The second-order valence-electron chi connectivity index (χ2n) is 8.31. The second-order valence-corrected chi connectivity index (χ2v) is 8.31. The minimum atomic E-state index is -0.431. The van der Waals surface area contributed by atoms with Crippen LogP contribution in [0.4, 0.5) is 10.1 Å². The number of nitrogens with zero attached hydrogens (tertiary/aromatic N) is 2. The van der Waals surface area contributed by atoms with Gasteiger partial charge in [-0.25, -0.2) is 4.39 Å². The van der Waals surface area contributed by atoms with Crippen molar-refractivity contribution in [1.82, 2.24) is 9.88 Å². The summed E-state index contributed by atoms with van der Waals surface area (Å²) in [5.74, 6) is -0.996. The molecule has 1 heterocycles. The van der Waals surface area contributed by atoms with Crippen molar-refractivity contribution in [3.63, 3.8) is 0 Å². The smallest absolute Gasteiger partial charge is 0.270 e. The van der Waals surface area contributed by atoms with Gasteiger partial charge in [-0.15, -0.1) is 0 Å². The molecule has 8 heteroatoms. The maximum absolute atomic E-state index is 13.7. The third-order valence-corrected chi connectivity index (χ3v) is 5.97. The Balaban J connectivity index is 1.82. The molecule has 35 heavy (non-hydrogen) atoms. The van der Waals surface area contributed by atoms with Crippen LogP contribution in [0.25, 0.3) is 10.9 Å².